The molecule has 2 aromatic rings. The van der Waals surface area contributed by atoms with Crippen LogP contribution in [0.1, 0.15) is 17.0 Å². The van der Waals surface area contributed by atoms with Crippen LogP contribution in [0.25, 0.3) is 0 Å². The van der Waals surface area contributed by atoms with Crippen LogP contribution in [0.3, 0.4) is 0 Å². The normalized spacial score (nSPS) is 25.4. The van der Waals surface area contributed by atoms with Gasteiger partial charge in [-0.25, -0.2) is 8.42 Å². The maximum absolute atomic E-state index is 12.6. The van der Waals surface area contributed by atoms with Crippen LogP contribution in [-0.4, -0.2) is 19.7 Å². The molecule has 1 aliphatic carbocycles. The van der Waals surface area contributed by atoms with E-state index in [0.717, 1.165) is 11.1 Å². The smallest absolute Gasteiger partial charge is 0.183 e. The summed E-state index contributed by atoms with van der Waals surface area (Å²) in [5.74, 6) is -0.0949. The Morgan fingerprint density at radius 2 is 1.55 bits per heavy atom. The number of nitrogens with two attached hydrogens (primary N) is 1. The first kappa shape index (κ1) is 13.3. The van der Waals surface area contributed by atoms with E-state index in [1.165, 1.54) is 0 Å². The number of sulfone groups is 1. The first-order chi connectivity index (χ1) is 9.51. The van der Waals surface area contributed by atoms with Gasteiger partial charge >= 0.3 is 0 Å². The zero-order chi connectivity index (χ0) is 14.3. The highest BCUT2D eigenvalue weighted by Gasteiger charge is 2.56. The predicted molar refractivity (Wildman–Crippen MR) is 79.3 cm³/mol. The number of hydrogen-bond acceptors (Lipinski definition) is 3. The molecule has 3 nitrogen and oxygen atoms in total. The van der Waals surface area contributed by atoms with Crippen LogP contribution < -0.4 is 5.73 Å². The SMILES string of the molecule is Cc1ccc(S(=O)(=O)C2C(N)C2c2ccccc2)cc1. The van der Waals surface area contributed by atoms with Gasteiger partial charge in [0.05, 0.1) is 10.1 Å². The second-order valence-corrected chi connectivity index (χ2v) is 7.44. The molecule has 1 aliphatic rings. The maximum atomic E-state index is 12.6. The Hall–Kier alpha value is -1.65. The van der Waals surface area contributed by atoms with Crippen LogP contribution in [0.15, 0.2) is 59.5 Å². The molecule has 3 rings (SSSR count). The highest BCUT2D eigenvalue weighted by Crippen LogP contribution is 2.46. The molecule has 2 aromatic carbocycles. The van der Waals surface area contributed by atoms with Crippen LogP contribution in [-0.2, 0) is 9.84 Å². The fourth-order valence-corrected chi connectivity index (χ4v) is 4.72. The minimum Gasteiger partial charge on any atom is -0.326 e. The lowest BCUT2D eigenvalue weighted by Gasteiger charge is -2.04. The summed E-state index contributed by atoms with van der Waals surface area (Å²) in [6.45, 7) is 1.94. The lowest BCUT2D eigenvalue weighted by molar-refractivity contribution is 0.593. The summed E-state index contributed by atoms with van der Waals surface area (Å²) < 4.78 is 25.2. The van der Waals surface area contributed by atoms with Gasteiger partial charge < -0.3 is 5.73 Å². The number of rotatable bonds is 3. The van der Waals surface area contributed by atoms with Gasteiger partial charge in [-0.15, -0.1) is 0 Å². The Kier molecular flexibility index (Phi) is 3.15. The fourth-order valence-electron chi connectivity index (χ4n) is 2.68. The van der Waals surface area contributed by atoms with Crippen LogP contribution in [0.5, 0.6) is 0 Å². The third-order valence-corrected chi connectivity index (χ3v) is 6.15. The summed E-state index contributed by atoms with van der Waals surface area (Å²) in [6, 6.07) is 16.3. The molecular weight excluding hydrogens is 270 g/mol. The highest BCUT2D eigenvalue weighted by molar-refractivity contribution is 7.92. The zero-order valence-electron chi connectivity index (χ0n) is 11.2. The molecule has 0 amide bonds. The molecule has 2 N–H and O–H groups in total. The fraction of sp³-hybridized carbons (Fsp3) is 0.250. The number of aryl methyl sites for hydroxylation is 1. The van der Waals surface area contributed by atoms with Crippen LogP contribution >= 0.6 is 0 Å². The van der Waals surface area contributed by atoms with Gasteiger partial charge in [0.2, 0.25) is 0 Å². The molecule has 0 saturated heterocycles. The summed E-state index contributed by atoms with van der Waals surface area (Å²) in [5.41, 5.74) is 8.06. The van der Waals surface area contributed by atoms with Crippen molar-refractivity contribution in [2.75, 3.05) is 0 Å². The average Bonchev–Trinajstić information content (AvgIpc) is 3.13. The minimum atomic E-state index is -3.35. The highest BCUT2D eigenvalue weighted by atomic mass is 32.2. The van der Waals surface area contributed by atoms with Gasteiger partial charge in [0.25, 0.3) is 0 Å². The van der Waals surface area contributed by atoms with Gasteiger partial charge in [-0.2, -0.15) is 0 Å². The Morgan fingerprint density at radius 3 is 2.15 bits per heavy atom. The van der Waals surface area contributed by atoms with Crippen molar-refractivity contribution < 1.29 is 8.42 Å². The molecule has 0 aromatic heterocycles. The van der Waals surface area contributed by atoms with Crippen molar-refractivity contribution >= 4 is 9.84 Å². The summed E-state index contributed by atoms with van der Waals surface area (Å²) >= 11 is 0. The number of hydrogen-bond donors (Lipinski definition) is 1. The van der Waals surface area contributed by atoms with Gasteiger partial charge in [-0.05, 0) is 24.6 Å². The first-order valence-corrected chi connectivity index (χ1v) is 8.17. The predicted octanol–water partition coefficient (Wildman–Crippen LogP) is 2.26. The molecule has 3 unspecified atom stereocenters. The van der Waals surface area contributed by atoms with Crippen molar-refractivity contribution in [2.24, 2.45) is 5.73 Å². The maximum Gasteiger partial charge on any atom is 0.183 e. The summed E-state index contributed by atoms with van der Waals surface area (Å²) in [7, 11) is -3.35. The van der Waals surface area contributed by atoms with Crippen molar-refractivity contribution in [3.63, 3.8) is 0 Å². The van der Waals surface area contributed by atoms with Crippen molar-refractivity contribution in [2.45, 2.75) is 29.0 Å². The van der Waals surface area contributed by atoms with E-state index in [0.29, 0.717) is 4.90 Å². The average molecular weight is 287 g/mol. The molecule has 0 radical (unpaired) electrons. The van der Waals surface area contributed by atoms with E-state index in [4.69, 9.17) is 5.73 Å². The lowest BCUT2D eigenvalue weighted by atomic mass is 10.1. The lowest BCUT2D eigenvalue weighted by Crippen LogP contribution is -2.15. The second-order valence-electron chi connectivity index (χ2n) is 5.34. The molecule has 4 heteroatoms. The Balaban J connectivity index is 1.92. The van der Waals surface area contributed by atoms with Crippen molar-refractivity contribution in [3.05, 3.63) is 65.7 Å². The van der Waals surface area contributed by atoms with Crippen molar-refractivity contribution in [1.29, 1.82) is 0 Å². The molecule has 0 aliphatic heterocycles. The largest absolute Gasteiger partial charge is 0.326 e. The Bertz CT molecular complexity index is 708. The Labute approximate surface area is 119 Å². The minimum absolute atomic E-state index is 0.0949. The molecule has 104 valence electrons. The Morgan fingerprint density at radius 1 is 0.950 bits per heavy atom. The molecule has 1 fully saturated rings. The monoisotopic (exact) mass is 287 g/mol. The van der Waals surface area contributed by atoms with Gasteiger partial charge in [0, 0.05) is 12.0 Å². The van der Waals surface area contributed by atoms with Crippen LogP contribution in [0, 0.1) is 6.92 Å². The summed E-state index contributed by atoms with van der Waals surface area (Å²) in [5, 5.41) is -0.507. The molecule has 20 heavy (non-hydrogen) atoms. The van der Waals surface area contributed by atoms with E-state index >= 15 is 0 Å². The standard InChI is InChI=1S/C16H17NO2S/c1-11-7-9-13(10-8-11)20(18,19)16-14(15(16)17)12-5-3-2-4-6-12/h2-10,14-16H,17H2,1H3. The zero-order valence-corrected chi connectivity index (χ0v) is 12.0. The van der Waals surface area contributed by atoms with Crippen LogP contribution in [0.4, 0.5) is 0 Å². The molecule has 1 saturated carbocycles. The molecule has 0 bridgehead atoms. The van der Waals surface area contributed by atoms with Crippen LogP contribution in [0.2, 0.25) is 0 Å². The van der Waals surface area contributed by atoms with Gasteiger partial charge in [-0.3, -0.25) is 0 Å². The van der Waals surface area contributed by atoms with Gasteiger partial charge in [-0.1, -0.05) is 48.0 Å². The van der Waals surface area contributed by atoms with E-state index in [9.17, 15) is 8.42 Å². The van der Waals surface area contributed by atoms with E-state index in [2.05, 4.69) is 0 Å². The molecule has 3 atom stereocenters. The topological polar surface area (TPSA) is 60.2 Å². The van der Waals surface area contributed by atoms with E-state index < -0.39 is 15.1 Å². The van der Waals surface area contributed by atoms with Crippen molar-refractivity contribution in [3.8, 4) is 0 Å². The van der Waals surface area contributed by atoms with Gasteiger partial charge in [0.15, 0.2) is 9.84 Å². The first-order valence-electron chi connectivity index (χ1n) is 6.63. The van der Waals surface area contributed by atoms with Crippen molar-refractivity contribution in [1.82, 2.24) is 0 Å². The third kappa shape index (κ3) is 2.15. The van der Waals surface area contributed by atoms with Gasteiger partial charge in [0.1, 0.15) is 0 Å². The summed E-state index contributed by atoms with van der Waals surface area (Å²) in [4.78, 5) is 0.363. The van der Waals surface area contributed by atoms with E-state index in [1.807, 2.05) is 49.4 Å². The quantitative estimate of drug-likeness (QED) is 0.942. The second kappa shape index (κ2) is 4.72. The summed E-state index contributed by atoms with van der Waals surface area (Å²) in [6.07, 6.45) is 0. The number of benzene rings is 2. The van der Waals surface area contributed by atoms with E-state index in [-0.39, 0.29) is 12.0 Å². The van der Waals surface area contributed by atoms with E-state index in [1.54, 1.807) is 12.1 Å². The molecule has 0 heterocycles. The molecular formula is C16H17NO2S. The molecule has 0 spiro atoms. The third-order valence-electron chi connectivity index (χ3n) is 3.90.